The van der Waals surface area contributed by atoms with Crippen LogP contribution in [0.15, 0.2) is 59.4 Å². The summed E-state index contributed by atoms with van der Waals surface area (Å²) in [5, 5.41) is 6.61. The number of nitrogens with one attached hydrogen (secondary N) is 1. The molecular formula is C20H17F2N3O2. The molecule has 3 aromatic rings. The smallest absolute Gasteiger partial charge is 0.267 e. The molecule has 0 aliphatic rings. The molecule has 1 atom stereocenters. The van der Waals surface area contributed by atoms with Gasteiger partial charge < -0.3 is 5.32 Å². The van der Waals surface area contributed by atoms with Crippen LogP contribution in [0.5, 0.6) is 0 Å². The van der Waals surface area contributed by atoms with Crippen LogP contribution in [0, 0.1) is 18.6 Å². The fourth-order valence-electron chi connectivity index (χ4n) is 2.52. The summed E-state index contributed by atoms with van der Waals surface area (Å²) in [5.74, 6) is -2.29. The van der Waals surface area contributed by atoms with E-state index in [0.29, 0.717) is 11.8 Å². The fourth-order valence-corrected chi connectivity index (χ4v) is 2.52. The molecule has 1 aromatic heterocycles. The lowest BCUT2D eigenvalue weighted by molar-refractivity contribution is -0.119. The number of halogens is 2. The van der Waals surface area contributed by atoms with Crippen LogP contribution in [0.3, 0.4) is 0 Å². The third-order valence-electron chi connectivity index (χ3n) is 4.11. The molecule has 1 heterocycles. The second kappa shape index (κ2) is 7.49. The number of carbonyl (C=O) groups excluding carboxylic acids is 1. The molecule has 2 aromatic carbocycles. The summed E-state index contributed by atoms with van der Waals surface area (Å²) in [6.07, 6.45) is 0. The van der Waals surface area contributed by atoms with Crippen molar-refractivity contribution >= 4 is 11.6 Å². The van der Waals surface area contributed by atoms with Crippen molar-refractivity contribution in [3.8, 4) is 11.3 Å². The molecule has 0 aliphatic heterocycles. The van der Waals surface area contributed by atoms with Crippen LogP contribution in [-0.2, 0) is 4.79 Å². The number of rotatable bonds is 4. The lowest BCUT2D eigenvalue weighted by Crippen LogP contribution is -2.33. The number of aromatic nitrogens is 2. The van der Waals surface area contributed by atoms with E-state index in [4.69, 9.17) is 0 Å². The van der Waals surface area contributed by atoms with Crippen molar-refractivity contribution in [2.24, 2.45) is 0 Å². The van der Waals surface area contributed by atoms with Gasteiger partial charge in [-0.15, -0.1) is 0 Å². The molecule has 138 valence electrons. The van der Waals surface area contributed by atoms with Crippen LogP contribution in [0.25, 0.3) is 11.3 Å². The topological polar surface area (TPSA) is 64.0 Å². The highest BCUT2D eigenvalue weighted by Gasteiger charge is 2.19. The Morgan fingerprint density at radius 2 is 1.78 bits per heavy atom. The molecule has 7 heteroatoms. The van der Waals surface area contributed by atoms with Crippen molar-refractivity contribution in [2.75, 3.05) is 5.32 Å². The SMILES string of the molecule is Cc1ccc(-c2ccc(=O)n(C(C)C(=O)Nc3ccc(F)cc3F)n2)cc1. The molecule has 5 nitrogen and oxygen atoms in total. The van der Waals surface area contributed by atoms with Gasteiger partial charge in [0.25, 0.3) is 5.56 Å². The first-order valence-corrected chi connectivity index (χ1v) is 8.28. The number of nitrogens with zero attached hydrogens (tertiary/aromatic N) is 2. The van der Waals surface area contributed by atoms with Crippen LogP contribution in [-0.4, -0.2) is 15.7 Å². The van der Waals surface area contributed by atoms with Crippen LogP contribution >= 0.6 is 0 Å². The number of carbonyl (C=O) groups is 1. The van der Waals surface area contributed by atoms with Gasteiger partial charge in [-0.1, -0.05) is 29.8 Å². The van der Waals surface area contributed by atoms with Gasteiger partial charge in [0.1, 0.15) is 17.7 Å². The van der Waals surface area contributed by atoms with Crippen molar-refractivity contribution in [3.63, 3.8) is 0 Å². The van der Waals surface area contributed by atoms with Gasteiger partial charge >= 0.3 is 0 Å². The largest absolute Gasteiger partial charge is 0.322 e. The molecule has 0 saturated heterocycles. The lowest BCUT2D eigenvalue weighted by atomic mass is 10.1. The standard InChI is InChI=1S/C20H17F2N3O2/c1-12-3-5-14(6-4-12)17-9-10-19(26)25(24-17)13(2)20(27)23-18-8-7-15(21)11-16(18)22/h3-11,13H,1-2H3,(H,23,27). The Morgan fingerprint density at radius 3 is 2.44 bits per heavy atom. The van der Waals surface area contributed by atoms with E-state index in [2.05, 4.69) is 10.4 Å². The predicted molar refractivity (Wildman–Crippen MR) is 98.4 cm³/mol. The number of benzene rings is 2. The molecule has 0 saturated carbocycles. The second-order valence-electron chi connectivity index (χ2n) is 6.16. The first kappa shape index (κ1) is 18.4. The highest BCUT2D eigenvalue weighted by molar-refractivity contribution is 5.93. The van der Waals surface area contributed by atoms with Gasteiger partial charge in [0, 0.05) is 17.7 Å². The molecule has 0 fully saturated rings. The van der Waals surface area contributed by atoms with Crippen LogP contribution in [0.2, 0.25) is 0 Å². The van der Waals surface area contributed by atoms with Gasteiger partial charge in [-0.3, -0.25) is 9.59 Å². The van der Waals surface area contributed by atoms with E-state index in [1.165, 1.54) is 13.0 Å². The minimum Gasteiger partial charge on any atom is -0.322 e. The minimum atomic E-state index is -0.993. The van der Waals surface area contributed by atoms with E-state index < -0.39 is 29.1 Å². The summed E-state index contributed by atoms with van der Waals surface area (Å²) in [7, 11) is 0. The Kier molecular flexibility index (Phi) is 5.12. The molecule has 0 radical (unpaired) electrons. The fraction of sp³-hybridized carbons (Fsp3) is 0.150. The summed E-state index contributed by atoms with van der Waals surface area (Å²) >= 11 is 0. The highest BCUT2D eigenvalue weighted by atomic mass is 19.1. The van der Waals surface area contributed by atoms with E-state index in [9.17, 15) is 18.4 Å². The lowest BCUT2D eigenvalue weighted by Gasteiger charge is -2.15. The Hall–Kier alpha value is -3.35. The van der Waals surface area contributed by atoms with Gasteiger partial charge in [-0.2, -0.15) is 5.10 Å². The number of aryl methyl sites for hydroxylation is 1. The third-order valence-corrected chi connectivity index (χ3v) is 4.11. The van der Waals surface area contributed by atoms with E-state index in [0.717, 1.165) is 27.9 Å². The monoisotopic (exact) mass is 369 g/mol. The summed E-state index contributed by atoms with van der Waals surface area (Å²) in [5.41, 5.74) is 1.78. The Bertz CT molecular complexity index is 1050. The molecule has 1 N–H and O–H groups in total. The molecule has 3 rings (SSSR count). The average molecular weight is 369 g/mol. The quantitative estimate of drug-likeness (QED) is 0.763. The zero-order chi connectivity index (χ0) is 19.6. The number of hydrogen-bond acceptors (Lipinski definition) is 3. The summed E-state index contributed by atoms with van der Waals surface area (Å²) in [4.78, 5) is 24.6. The van der Waals surface area contributed by atoms with Gasteiger partial charge in [0.05, 0.1) is 11.4 Å². The Balaban J connectivity index is 1.88. The first-order chi connectivity index (χ1) is 12.8. The van der Waals surface area contributed by atoms with Crippen LogP contribution in [0.1, 0.15) is 18.5 Å². The number of anilines is 1. The van der Waals surface area contributed by atoms with Crippen molar-refractivity contribution in [2.45, 2.75) is 19.9 Å². The maximum Gasteiger partial charge on any atom is 0.267 e. The summed E-state index contributed by atoms with van der Waals surface area (Å²) in [6, 6.07) is 12.3. The van der Waals surface area contributed by atoms with E-state index in [1.807, 2.05) is 31.2 Å². The highest BCUT2D eigenvalue weighted by Crippen LogP contribution is 2.19. The zero-order valence-electron chi connectivity index (χ0n) is 14.7. The molecule has 0 spiro atoms. The van der Waals surface area contributed by atoms with E-state index in [-0.39, 0.29) is 5.69 Å². The van der Waals surface area contributed by atoms with Gasteiger partial charge in [0.2, 0.25) is 5.91 Å². The number of hydrogen-bond donors (Lipinski definition) is 1. The van der Waals surface area contributed by atoms with Crippen molar-refractivity contribution < 1.29 is 13.6 Å². The number of amides is 1. The van der Waals surface area contributed by atoms with Crippen molar-refractivity contribution in [3.05, 3.63) is 82.1 Å². The second-order valence-corrected chi connectivity index (χ2v) is 6.16. The normalized spacial score (nSPS) is 11.9. The predicted octanol–water partition coefficient (Wildman–Crippen LogP) is 3.70. The maximum absolute atomic E-state index is 13.7. The van der Waals surface area contributed by atoms with Crippen molar-refractivity contribution in [1.82, 2.24) is 9.78 Å². The van der Waals surface area contributed by atoms with Gasteiger partial charge in [-0.25, -0.2) is 13.5 Å². The van der Waals surface area contributed by atoms with Crippen molar-refractivity contribution in [1.29, 1.82) is 0 Å². The molecular weight excluding hydrogens is 352 g/mol. The maximum atomic E-state index is 13.7. The molecule has 0 bridgehead atoms. The molecule has 27 heavy (non-hydrogen) atoms. The first-order valence-electron chi connectivity index (χ1n) is 8.28. The minimum absolute atomic E-state index is 0.170. The molecule has 0 aliphatic carbocycles. The van der Waals surface area contributed by atoms with Crippen LogP contribution in [0.4, 0.5) is 14.5 Å². The Labute approximate surface area is 154 Å². The van der Waals surface area contributed by atoms with Gasteiger partial charge in [-0.05, 0) is 32.0 Å². The van der Waals surface area contributed by atoms with E-state index in [1.54, 1.807) is 6.07 Å². The van der Waals surface area contributed by atoms with E-state index >= 15 is 0 Å². The average Bonchev–Trinajstić information content (AvgIpc) is 2.64. The van der Waals surface area contributed by atoms with Crippen LogP contribution < -0.4 is 10.9 Å². The van der Waals surface area contributed by atoms with Gasteiger partial charge in [0.15, 0.2) is 0 Å². The molecule has 1 amide bonds. The third kappa shape index (κ3) is 4.08. The Morgan fingerprint density at radius 1 is 1.07 bits per heavy atom. The molecule has 1 unspecified atom stereocenters. The zero-order valence-corrected chi connectivity index (χ0v) is 14.7. The summed E-state index contributed by atoms with van der Waals surface area (Å²) < 4.78 is 27.8. The summed E-state index contributed by atoms with van der Waals surface area (Å²) in [6.45, 7) is 3.43.